The lowest BCUT2D eigenvalue weighted by molar-refractivity contribution is 0.962. The molecule has 14 heavy (non-hydrogen) atoms. The van der Waals surface area contributed by atoms with Crippen molar-refractivity contribution in [2.45, 2.75) is 40.0 Å². The van der Waals surface area contributed by atoms with Crippen LogP contribution in [0.25, 0.3) is 0 Å². The molecule has 0 radical (unpaired) electrons. The average molecular weight is 190 g/mol. The predicted octanol–water partition coefficient (Wildman–Crippen LogP) is 4.81. The molecule has 0 aromatic carbocycles. The Morgan fingerprint density at radius 2 is 1.57 bits per heavy atom. The van der Waals surface area contributed by atoms with E-state index in [1.165, 1.54) is 16.7 Å². The zero-order valence-corrected chi connectivity index (χ0v) is 9.82. The normalized spacial score (nSPS) is 11.2. The van der Waals surface area contributed by atoms with Gasteiger partial charge in [0.25, 0.3) is 0 Å². The van der Waals surface area contributed by atoms with Crippen molar-refractivity contribution in [3.63, 3.8) is 0 Å². The van der Waals surface area contributed by atoms with E-state index in [9.17, 15) is 0 Å². The molecule has 0 aliphatic rings. The molecule has 0 unspecified atom stereocenters. The lowest BCUT2D eigenvalue weighted by Crippen LogP contribution is -1.86. The maximum Gasteiger partial charge on any atom is -0.00733 e. The first kappa shape index (κ1) is 13.0. The zero-order chi connectivity index (χ0) is 11.1. The highest BCUT2D eigenvalue weighted by Crippen LogP contribution is 2.18. The Labute approximate surface area is 88.7 Å². The van der Waals surface area contributed by atoms with Crippen LogP contribution in [0.15, 0.2) is 48.1 Å². The highest BCUT2D eigenvalue weighted by molar-refractivity contribution is 5.30. The van der Waals surface area contributed by atoms with Gasteiger partial charge in [-0.2, -0.15) is 0 Å². The van der Waals surface area contributed by atoms with Gasteiger partial charge in [0, 0.05) is 0 Å². The molecule has 0 aliphatic carbocycles. The summed E-state index contributed by atoms with van der Waals surface area (Å²) in [5.41, 5.74) is 4.89. The average Bonchev–Trinajstić information content (AvgIpc) is 2.00. The van der Waals surface area contributed by atoms with Crippen molar-refractivity contribution in [2.24, 2.45) is 0 Å². The molecule has 0 aromatic rings. The minimum atomic E-state index is 0.950. The first-order valence-corrected chi connectivity index (χ1v) is 5.07. The first-order chi connectivity index (χ1) is 6.43. The fourth-order valence-electron chi connectivity index (χ4n) is 1.22. The maximum atomic E-state index is 3.97. The summed E-state index contributed by atoms with van der Waals surface area (Å²) in [6.07, 6.45) is 5.33. The molecule has 0 aliphatic heterocycles. The van der Waals surface area contributed by atoms with E-state index in [1.807, 2.05) is 0 Å². The molecule has 0 spiro atoms. The Morgan fingerprint density at radius 3 is 1.93 bits per heavy atom. The van der Waals surface area contributed by atoms with Gasteiger partial charge in [-0.3, -0.25) is 0 Å². The highest BCUT2D eigenvalue weighted by Gasteiger charge is 1.98. The maximum absolute atomic E-state index is 3.97. The van der Waals surface area contributed by atoms with Crippen molar-refractivity contribution in [3.05, 3.63) is 48.1 Å². The van der Waals surface area contributed by atoms with E-state index in [1.54, 1.807) is 0 Å². The quantitative estimate of drug-likeness (QED) is 0.416. The molecule has 0 nitrogen and oxygen atoms in total. The SMILES string of the molecule is C=C(C)CCC=C(CC(=C)C)C(=C)C. The molecule has 0 heterocycles. The van der Waals surface area contributed by atoms with Gasteiger partial charge in [-0.15, -0.1) is 6.58 Å². The standard InChI is InChI=1S/C14H22/c1-11(2)8-7-9-14(13(5)6)10-12(3)4/h9H,1,3,5,7-8,10H2,2,4,6H3. The Hall–Kier alpha value is -1.04. The van der Waals surface area contributed by atoms with E-state index in [4.69, 9.17) is 0 Å². The van der Waals surface area contributed by atoms with Gasteiger partial charge in [0.2, 0.25) is 0 Å². The summed E-state index contributed by atoms with van der Waals surface area (Å²) in [4.78, 5) is 0. The molecule has 0 amide bonds. The third-order valence-electron chi connectivity index (χ3n) is 2.00. The number of rotatable bonds is 6. The second kappa shape index (κ2) is 6.42. The third-order valence-corrected chi connectivity index (χ3v) is 2.00. The fraction of sp³-hybridized carbons (Fsp3) is 0.429. The molecule has 0 saturated carbocycles. The molecular formula is C14H22. The van der Waals surface area contributed by atoms with Crippen molar-refractivity contribution < 1.29 is 0 Å². The van der Waals surface area contributed by atoms with Crippen LogP contribution in [0.4, 0.5) is 0 Å². The summed E-state index contributed by atoms with van der Waals surface area (Å²) in [6, 6.07) is 0. The van der Waals surface area contributed by atoms with Crippen LogP contribution in [0.2, 0.25) is 0 Å². The molecular weight excluding hydrogens is 168 g/mol. The number of hydrogen-bond acceptors (Lipinski definition) is 0. The fourth-order valence-corrected chi connectivity index (χ4v) is 1.22. The molecule has 0 atom stereocenters. The number of hydrogen-bond donors (Lipinski definition) is 0. The van der Waals surface area contributed by atoms with Crippen molar-refractivity contribution in [1.29, 1.82) is 0 Å². The molecule has 0 bridgehead atoms. The lowest BCUT2D eigenvalue weighted by Gasteiger charge is -2.06. The van der Waals surface area contributed by atoms with Gasteiger partial charge in [-0.1, -0.05) is 36.0 Å². The van der Waals surface area contributed by atoms with Crippen LogP contribution in [0, 0.1) is 0 Å². The van der Waals surface area contributed by atoms with E-state index in [0.717, 1.165) is 24.8 Å². The monoisotopic (exact) mass is 190 g/mol. The van der Waals surface area contributed by atoms with Gasteiger partial charge in [-0.05, 0) is 45.6 Å². The van der Waals surface area contributed by atoms with E-state index in [-0.39, 0.29) is 0 Å². The molecule has 0 N–H and O–H groups in total. The third kappa shape index (κ3) is 6.47. The smallest absolute Gasteiger partial charge is 0.00733 e. The van der Waals surface area contributed by atoms with E-state index >= 15 is 0 Å². The predicted molar refractivity (Wildman–Crippen MR) is 66.4 cm³/mol. The topological polar surface area (TPSA) is 0 Å². The summed E-state index contributed by atoms with van der Waals surface area (Å²) in [5.74, 6) is 0. The Kier molecular flexibility index (Phi) is 5.94. The second-order valence-electron chi connectivity index (χ2n) is 4.14. The van der Waals surface area contributed by atoms with Crippen LogP contribution in [-0.2, 0) is 0 Å². The van der Waals surface area contributed by atoms with Gasteiger partial charge >= 0.3 is 0 Å². The Morgan fingerprint density at radius 1 is 1.00 bits per heavy atom. The highest BCUT2D eigenvalue weighted by atomic mass is 14.0. The Balaban J connectivity index is 4.26. The van der Waals surface area contributed by atoms with E-state index in [2.05, 4.69) is 46.6 Å². The van der Waals surface area contributed by atoms with Crippen LogP contribution >= 0.6 is 0 Å². The molecule has 78 valence electrons. The lowest BCUT2D eigenvalue weighted by atomic mass is 9.99. The second-order valence-corrected chi connectivity index (χ2v) is 4.14. The van der Waals surface area contributed by atoms with Crippen molar-refractivity contribution in [2.75, 3.05) is 0 Å². The Bertz CT molecular complexity index is 264. The van der Waals surface area contributed by atoms with E-state index < -0.39 is 0 Å². The van der Waals surface area contributed by atoms with Crippen molar-refractivity contribution in [1.82, 2.24) is 0 Å². The zero-order valence-electron chi connectivity index (χ0n) is 9.82. The molecule has 0 fully saturated rings. The molecule has 0 aromatic heterocycles. The largest absolute Gasteiger partial charge is 0.100 e. The number of allylic oxidation sites excluding steroid dienone is 5. The molecule has 0 heteroatoms. The van der Waals surface area contributed by atoms with Gasteiger partial charge in [0.1, 0.15) is 0 Å². The van der Waals surface area contributed by atoms with Gasteiger partial charge in [0.15, 0.2) is 0 Å². The molecule has 0 rings (SSSR count). The van der Waals surface area contributed by atoms with Gasteiger partial charge in [-0.25, -0.2) is 0 Å². The first-order valence-electron chi connectivity index (χ1n) is 5.07. The van der Waals surface area contributed by atoms with Crippen molar-refractivity contribution in [3.8, 4) is 0 Å². The molecule has 0 saturated heterocycles. The van der Waals surface area contributed by atoms with Crippen LogP contribution in [0.1, 0.15) is 40.0 Å². The van der Waals surface area contributed by atoms with Crippen LogP contribution in [0.5, 0.6) is 0 Å². The van der Waals surface area contributed by atoms with Crippen LogP contribution in [-0.4, -0.2) is 0 Å². The summed E-state index contributed by atoms with van der Waals surface area (Å²) in [7, 11) is 0. The van der Waals surface area contributed by atoms with Gasteiger partial charge in [0.05, 0.1) is 0 Å². The minimum absolute atomic E-state index is 0.950. The summed E-state index contributed by atoms with van der Waals surface area (Å²) >= 11 is 0. The van der Waals surface area contributed by atoms with Crippen LogP contribution < -0.4 is 0 Å². The van der Waals surface area contributed by atoms with E-state index in [0.29, 0.717) is 0 Å². The summed E-state index contributed by atoms with van der Waals surface area (Å²) < 4.78 is 0. The summed E-state index contributed by atoms with van der Waals surface area (Å²) in [6.45, 7) is 17.9. The van der Waals surface area contributed by atoms with Gasteiger partial charge < -0.3 is 0 Å². The summed E-state index contributed by atoms with van der Waals surface area (Å²) in [5, 5.41) is 0. The van der Waals surface area contributed by atoms with Crippen LogP contribution in [0.3, 0.4) is 0 Å². The van der Waals surface area contributed by atoms with Crippen molar-refractivity contribution >= 4 is 0 Å². The minimum Gasteiger partial charge on any atom is -0.100 e.